The van der Waals surface area contributed by atoms with Crippen molar-refractivity contribution in [2.45, 2.75) is 19.8 Å². The number of nitrogens with zero attached hydrogens (tertiary/aromatic N) is 2. The molecule has 0 N–H and O–H groups in total. The van der Waals surface area contributed by atoms with E-state index in [1.807, 2.05) is 23.9 Å². The third kappa shape index (κ3) is 1.45. The Bertz CT molecular complexity index is 412. The topological polar surface area (TPSA) is 31.0 Å². The molecule has 0 aliphatic rings. The van der Waals surface area contributed by atoms with Crippen molar-refractivity contribution in [3.8, 4) is 11.5 Å². The smallest absolute Gasteiger partial charge is 0.151 e. The lowest BCUT2D eigenvalue weighted by Crippen LogP contribution is -1.94. The van der Waals surface area contributed by atoms with Gasteiger partial charge in [0.1, 0.15) is 5.69 Å². The minimum atomic E-state index is 0.449. The summed E-state index contributed by atoms with van der Waals surface area (Å²) in [6.07, 6.45) is 1.68. The van der Waals surface area contributed by atoms with Crippen molar-refractivity contribution < 1.29 is 4.42 Å². The molecule has 0 aromatic carbocycles. The molecule has 0 aliphatic heterocycles. The number of aromatic nitrogens is 2. The molecule has 0 unspecified atom stereocenters. The van der Waals surface area contributed by atoms with Gasteiger partial charge in [0.05, 0.1) is 12.0 Å². The Kier molecular flexibility index (Phi) is 2.15. The SMILES string of the molecule is CC(C)c1cc(-c2ccco2)n(C)n1. The first-order valence-electron chi connectivity index (χ1n) is 4.76. The van der Waals surface area contributed by atoms with E-state index >= 15 is 0 Å². The molecule has 0 spiro atoms. The Labute approximate surface area is 83.3 Å². The molecule has 2 heterocycles. The van der Waals surface area contributed by atoms with Crippen LogP contribution in [0.4, 0.5) is 0 Å². The van der Waals surface area contributed by atoms with Gasteiger partial charge in [0.25, 0.3) is 0 Å². The maximum Gasteiger partial charge on any atom is 0.151 e. The van der Waals surface area contributed by atoms with Gasteiger partial charge in [-0.05, 0) is 24.1 Å². The van der Waals surface area contributed by atoms with E-state index in [9.17, 15) is 0 Å². The molecular weight excluding hydrogens is 176 g/mol. The second kappa shape index (κ2) is 3.33. The van der Waals surface area contributed by atoms with Crippen molar-refractivity contribution in [3.63, 3.8) is 0 Å². The summed E-state index contributed by atoms with van der Waals surface area (Å²) >= 11 is 0. The van der Waals surface area contributed by atoms with Crippen LogP contribution in [0.5, 0.6) is 0 Å². The van der Waals surface area contributed by atoms with Crippen LogP contribution < -0.4 is 0 Å². The van der Waals surface area contributed by atoms with E-state index in [4.69, 9.17) is 4.42 Å². The average Bonchev–Trinajstić information content (AvgIpc) is 2.71. The molecule has 2 aromatic heterocycles. The summed E-state index contributed by atoms with van der Waals surface area (Å²) in [5.74, 6) is 1.32. The molecule has 3 nitrogen and oxygen atoms in total. The summed E-state index contributed by atoms with van der Waals surface area (Å²) in [5, 5.41) is 4.42. The van der Waals surface area contributed by atoms with Gasteiger partial charge < -0.3 is 4.42 Å². The van der Waals surface area contributed by atoms with E-state index in [-0.39, 0.29) is 0 Å². The van der Waals surface area contributed by atoms with Crippen molar-refractivity contribution in [1.82, 2.24) is 9.78 Å². The lowest BCUT2D eigenvalue weighted by molar-refractivity contribution is 0.573. The molecule has 0 saturated heterocycles. The third-order valence-corrected chi connectivity index (χ3v) is 2.26. The predicted octanol–water partition coefficient (Wildman–Crippen LogP) is 2.80. The Hall–Kier alpha value is -1.51. The van der Waals surface area contributed by atoms with Gasteiger partial charge in [0.2, 0.25) is 0 Å². The standard InChI is InChI=1S/C11H14N2O/c1-8(2)9-7-10(13(3)12-9)11-5-4-6-14-11/h4-8H,1-3H3. The maximum atomic E-state index is 5.33. The van der Waals surface area contributed by atoms with Crippen LogP contribution in [0.15, 0.2) is 28.9 Å². The molecule has 0 fully saturated rings. The number of hydrogen-bond acceptors (Lipinski definition) is 2. The lowest BCUT2D eigenvalue weighted by Gasteiger charge is -1.96. The summed E-state index contributed by atoms with van der Waals surface area (Å²) in [6.45, 7) is 4.27. The minimum absolute atomic E-state index is 0.449. The molecule has 0 bridgehead atoms. The van der Waals surface area contributed by atoms with Crippen LogP contribution in [0.25, 0.3) is 11.5 Å². The first-order valence-corrected chi connectivity index (χ1v) is 4.76. The monoisotopic (exact) mass is 190 g/mol. The third-order valence-electron chi connectivity index (χ3n) is 2.26. The summed E-state index contributed by atoms with van der Waals surface area (Å²) in [4.78, 5) is 0. The van der Waals surface area contributed by atoms with Gasteiger partial charge in [-0.15, -0.1) is 0 Å². The van der Waals surface area contributed by atoms with Gasteiger partial charge in [-0.3, -0.25) is 4.68 Å². The zero-order valence-electron chi connectivity index (χ0n) is 8.69. The molecule has 14 heavy (non-hydrogen) atoms. The molecule has 0 atom stereocenters. The highest BCUT2D eigenvalue weighted by molar-refractivity contribution is 5.53. The molecule has 0 saturated carbocycles. The first-order chi connectivity index (χ1) is 6.68. The second-order valence-corrected chi connectivity index (χ2v) is 3.71. The Balaban J connectivity index is 2.45. The van der Waals surface area contributed by atoms with Crippen LogP contribution in [0.3, 0.4) is 0 Å². The van der Waals surface area contributed by atoms with Crippen LogP contribution in [0.2, 0.25) is 0 Å². The fraction of sp³-hybridized carbons (Fsp3) is 0.364. The lowest BCUT2D eigenvalue weighted by atomic mass is 10.1. The maximum absolute atomic E-state index is 5.33. The van der Waals surface area contributed by atoms with Gasteiger partial charge in [-0.25, -0.2) is 0 Å². The van der Waals surface area contributed by atoms with Crippen LogP contribution in [-0.2, 0) is 7.05 Å². The second-order valence-electron chi connectivity index (χ2n) is 3.71. The van der Waals surface area contributed by atoms with E-state index < -0.39 is 0 Å². The van der Waals surface area contributed by atoms with Crippen molar-refractivity contribution in [2.24, 2.45) is 7.05 Å². The highest BCUT2D eigenvalue weighted by Crippen LogP contribution is 2.23. The van der Waals surface area contributed by atoms with Gasteiger partial charge in [0, 0.05) is 7.05 Å². The molecule has 0 amide bonds. The van der Waals surface area contributed by atoms with Crippen LogP contribution in [0, 0.1) is 0 Å². The normalized spacial score (nSPS) is 11.1. The molecule has 2 aromatic rings. The highest BCUT2D eigenvalue weighted by Gasteiger charge is 2.11. The predicted molar refractivity (Wildman–Crippen MR) is 55.0 cm³/mol. The van der Waals surface area contributed by atoms with Gasteiger partial charge >= 0.3 is 0 Å². The Morgan fingerprint density at radius 2 is 2.21 bits per heavy atom. The summed E-state index contributed by atoms with van der Waals surface area (Å²) in [5.41, 5.74) is 2.12. The highest BCUT2D eigenvalue weighted by atomic mass is 16.3. The summed E-state index contributed by atoms with van der Waals surface area (Å²) < 4.78 is 7.19. The van der Waals surface area contributed by atoms with Crippen LogP contribution in [-0.4, -0.2) is 9.78 Å². The Morgan fingerprint density at radius 3 is 2.71 bits per heavy atom. The van der Waals surface area contributed by atoms with Crippen molar-refractivity contribution in [1.29, 1.82) is 0 Å². The van der Waals surface area contributed by atoms with E-state index in [0.29, 0.717) is 5.92 Å². The van der Waals surface area contributed by atoms with E-state index in [0.717, 1.165) is 17.1 Å². The molecule has 0 radical (unpaired) electrons. The van der Waals surface area contributed by atoms with E-state index in [2.05, 4.69) is 25.0 Å². The number of furan rings is 1. The fourth-order valence-corrected chi connectivity index (χ4v) is 1.43. The van der Waals surface area contributed by atoms with Crippen LogP contribution in [0.1, 0.15) is 25.5 Å². The van der Waals surface area contributed by atoms with Crippen molar-refractivity contribution >= 4 is 0 Å². The largest absolute Gasteiger partial charge is 0.463 e. The number of rotatable bonds is 2. The average molecular weight is 190 g/mol. The van der Waals surface area contributed by atoms with E-state index in [1.54, 1.807) is 6.26 Å². The molecular formula is C11H14N2O. The minimum Gasteiger partial charge on any atom is -0.463 e. The fourth-order valence-electron chi connectivity index (χ4n) is 1.43. The van der Waals surface area contributed by atoms with Gasteiger partial charge in [-0.1, -0.05) is 13.8 Å². The van der Waals surface area contributed by atoms with Crippen molar-refractivity contribution in [3.05, 3.63) is 30.2 Å². The quantitative estimate of drug-likeness (QED) is 0.729. The molecule has 3 heteroatoms. The van der Waals surface area contributed by atoms with Gasteiger partial charge in [-0.2, -0.15) is 5.10 Å². The first kappa shape index (κ1) is 9.06. The zero-order chi connectivity index (χ0) is 10.1. The molecule has 2 rings (SSSR count). The Morgan fingerprint density at radius 1 is 1.43 bits per heavy atom. The summed E-state index contributed by atoms with van der Waals surface area (Å²) in [6, 6.07) is 5.90. The zero-order valence-corrected chi connectivity index (χ0v) is 8.69. The van der Waals surface area contributed by atoms with E-state index in [1.165, 1.54) is 0 Å². The molecule has 74 valence electrons. The number of hydrogen-bond donors (Lipinski definition) is 0. The van der Waals surface area contributed by atoms with Crippen molar-refractivity contribution in [2.75, 3.05) is 0 Å². The van der Waals surface area contributed by atoms with Crippen LogP contribution >= 0.6 is 0 Å². The summed E-state index contributed by atoms with van der Waals surface area (Å²) in [7, 11) is 1.93. The van der Waals surface area contributed by atoms with Gasteiger partial charge in [0.15, 0.2) is 5.76 Å². The molecule has 0 aliphatic carbocycles. The number of aryl methyl sites for hydroxylation is 1.